The molecular formula is C12H21N3OS. The van der Waals surface area contributed by atoms with E-state index in [4.69, 9.17) is 0 Å². The van der Waals surface area contributed by atoms with Gasteiger partial charge in [0, 0.05) is 25.5 Å². The van der Waals surface area contributed by atoms with Crippen LogP contribution in [0.4, 0.5) is 5.13 Å². The fraction of sp³-hybridized carbons (Fsp3) is 0.750. The van der Waals surface area contributed by atoms with Crippen LogP contribution in [0, 0.1) is 5.92 Å². The zero-order chi connectivity index (χ0) is 12.4. The number of hydrogen-bond donors (Lipinski definition) is 1. The molecule has 1 fully saturated rings. The molecule has 5 heteroatoms. The van der Waals surface area contributed by atoms with Crippen LogP contribution in [0.2, 0.25) is 0 Å². The maximum Gasteiger partial charge on any atom is 0.185 e. The van der Waals surface area contributed by atoms with Gasteiger partial charge in [0.1, 0.15) is 0 Å². The fourth-order valence-corrected chi connectivity index (χ4v) is 3.17. The number of aliphatic hydroxyl groups excluding tert-OH is 1. The van der Waals surface area contributed by atoms with Gasteiger partial charge in [0.15, 0.2) is 5.13 Å². The van der Waals surface area contributed by atoms with E-state index in [1.165, 1.54) is 19.5 Å². The highest BCUT2D eigenvalue weighted by atomic mass is 32.1. The van der Waals surface area contributed by atoms with E-state index >= 15 is 0 Å². The molecule has 4 nitrogen and oxygen atoms in total. The SMILES string of the molecule is CC(O)c1csc(N(C)CC2CCN(C)C2)n1. The van der Waals surface area contributed by atoms with E-state index in [2.05, 4.69) is 28.9 Å². The zero-order valence-electron chi connectivity index (χ0n) is 10.8. The number of rotatable bonds is 4. The van der Waals surface area contributed by atoms with Crippen molar-refractivity contribution < 1.29 is 5.11 Å². The number of likely N-dealkylation sites (tertiary alicyclic amines) is 1. The molecule has 0 bridgehead atoms. The van der Waals surface area contributed by atoms with Crippen LogP contribution < -0.4 is 4.90 Å². The van der Waals surface area contributed by atoms with Gasteiger partial charge in [-0.2, -0.15) is 0 Å². The molecule has 0 radical (unpaired) electrons. The van der Waals surface area contributed by atoms with Crippen LogP contribution in [0.5, 0.6) is 0 Å². The Morgan fingerprint density at radius 2 is 2.47 bits per heavy atom. The molecule has 0 aliphatic carbocycles. The van der Waals surface area contributed by atoms with Gasteiger partial charge in [0.05, 0.1) is 11.8 Å². The molecule has 0 amide bonds. The lowest BCUT2D eigenvalue weighted by Gasteiger charge is -2.20. The van der Waals surface area contributed by atoms with Crippen LogP contribution in [0.25, 0.3) is 0 Å². The summed E-state index contributed by atoms with van der Waals surface area (Å²) in [5.74, 6) is 0.740. The number of nitrogens with zero attached hydrogens (tertiary/aromatic N) is 3. The van der Waals surface area contributed by atoms with Crippen LogP contribution in [-0.2, 0) is 0 Å². The first-order valence-corrected chi connectivity index (χ1v) is 6.97. The van der Waals surface area contributed by atoms with Crippen molar-refractivity contribution in [3.63, 3.8) is 0 Å². The second-order valence-corrected chi connectivity index (χ2v) is 5.86. The molecule has 96 valence electrons. The van der Waals surface area contributed by atoms with Crippen LogP contribution in [0.15, 0.2) is 5.38 Å². The van der Waals surface area contributed by atoms with Crippen LogP contribution in [0.1, 0.15) is 25.1 Å². The minimum atomic E-state index is -0.467. The Morgan fingerprint density at radius 1 is 1.71 bits per heavy atom. The number of anilines is 1. The Kier molecular flexibility index (Phi) is 4.01. The molecule has 2 heterocycles. The van der Waals surface area contributed by atoms with Crippen molar-refractivity contribution in [2.24, 2.45) is 5.92 Å². The van der Waals surface area contributed by atoms with Crippen molar-refractivity contribution in [2.45, 2.75) is 19.4 Å². The quantitative estimate of drug-likeness (QED) is 0.887. The van der Waals surface area contributed by atoms with Crippen molar-refractivity contribution in [1.29, 1.82) is 0 Å². The third kappa shape index (κ3) is 3.18. The summed E-state index contributed by atoms with van der Waals surface area (Å²) >= 11 is 1.61. The van der Waals surface area contributed by atoms with Crippen molar-refractivity contribution in [3.8, 4) is 0 Å². The first kappa shape index (κ1) is 12.8. The number of aliphatic hydroxyl groups is 1. The van der Waals surface area contributed by atoms with Gasteiger partial charge in [-0.05, 0) is 32.9 Å². The summed E-state index contributed by atoms with van der Waals surface area (Å²) in [7, 11) is 4.26. The molecule has 1 aromatic rings. The van der Waals surface area contributed by atoms with E-state index in [0.29, 0.717) is 0 Å². The minimum absolute atomic E-state index is 0.467. The standard InChI is InChI=1S/C12H21N3OS/c1-9(16)11-8-17-12(13-11)15(3)7-10-4-5-14(2)6-10/h8-10,16H,4-7H2,1-3H3. The molecule has 2 unspecified atom stereocenters. The Morgan fingerprint density at radius 3 is 3.00 bits per heavy atom. The summed E-state index contributed by atoms with van der Waals surface area (Å²) in [4.78, 5) is 9.04. The van der Waals surface area contributed by atoms with Gasteiger partial charge in [-0.25, -0.2) is 4.98 Å². The summed E-state index contributed by atoms with van der Waals surface area (Å²) in [6, 6.07) is 0. The average molecular weight is 255 g/mol. The maximum absolute atomic E-state index is 9.46. The van der Waals surface area contributed by atoms with Crippen molar-refractivity contribution in [3.05, 3.63) is 11.1 Å². The van der Waals surface area contributed by atoms with E-state index in [9.17, 15) is 5.11 Å². The second-order valence-electron chi connectivity index (χ2n) is 5.03. The first-order chi connectivity index (χ1) is 8.06. The summed E-state index contributed by atoms with van der Waals surface area (Å²) in [5.41, 5.74) is 0.778. The van der Waals surface area contributed by atoms with Gasteiger partial charge in [-0.1, -0.05) is 0 Å². The van der Waals surface area contributed by atoms with E-state index in [-0.39, 0.29) is 0 Å². The highest BCUT2D eigenvalue weighted by molar-refractivity contribution is 7.13. The van der Waals surface area contributed by atoms with Gasteiger partial charge in [0.25, 0.3) is 0 Å². The number of hydrogen-bond acceptors (Lipinski definition) is 5. The molecular weight excluding hydrogens is 234 g/mol. The summed E-state index contributed by atoms with van der Waals surface area (Å²) in [6.07, 6.45) is 0.807. The van der Waals surface area contributed by atoms with Crippen molar-refractivity contribution >= 4 is 16.5 Å². The van der Waals surface area contributed by atoms with Crippen LogP contribution >= 0.6 is 11.3 Å². The summed E-state index contributed by atoms with van der Waals surface area (Å²) < 4.78 is 0. The van der Waals surface area contributed by atoms with Gasteiger partial charge in [-0.15, -0.1) is 11.3 Å². The fourth-order valence-electron chi connectivity index (χ4n) is 2.28. The lowest BCUT2D eigenvalue weighted by Crippen LogP contribution is -2.27. The normalized spacial score (nSPS) is 22.9. The molecule has 0 aromatic carbocycles. The summed E-state index contributed by atoms with van der Waals surface area (Å²) in [6.45, 7) is 5.19. The van der Waals surface area contributed by atoms with Gasteiger partial charge in [0.2, 0.25) is 0 Å². The minimum Gasteiger partial charge on any atom is -0.387 e. The molecule has 1 aliphatic rings. The predicted molar refractivity (Wildman–Crippen MR) is 71.6 cm³/mol. The molecule has 2 rings (SSSR count). The van der Waals surface area contributed by atoms with Gasteiger partial charge >= 0.3 is 0 Å². The van der Waals surface area contributed by atoms with Crippen LogP contribution in [0.3, 0.4) is 0 Å². The predicted octanol–water partition coefficient (Wildman–Crippen LogP) is 1.58. The molecule has 1 aromatic heterocycles. The molecule has 17 heavy (non-hydrogen) atoms. The lowest BCUT2D eigenvalue weighted by atomic mass is 10.1. The molecule has 0 saturated carbocycles. The molecule has 1 aliphatic heterocycles. The Bertz CT molecular complexity index is 366. The van der Waals surface area contributed by atoms with E-state index in [0.717, 1.165) is 23.3 Å². The first-order valence-electron chi connectivity index (χ1n) is 6.09. The molecule has 0 spiro atoms. The highest BCUT2D eigenvalue weighted by Gasteiger charge is 2.21. The van der Waals surface area contributed by atoms with E-state index < -0.39 is 6.10 Å². The third-order valence-electron chi connectivity index (χ3n) is 3.29. The zero-order valence-corrected chi connectivity index (χ0v) is 11.6. The number of thiazole rings is 1. The average Bonchev–Trinajstić information content (AvgIpc) is 2.86. The second kappa shape index (κ2) is 5.33. The topological polar surface area (TPSA) is 39.6 Å². The van der Waals surface area contributed by atoms with Gasteiger partial charge in [-0.3, -0.25) is 0 Å². The largest absolute Gasteiger partial charge is 0.387 e. The summed E-state index contributed by atoms with van der Waals surface area (Å²) in [5, 5.41) is 12.4. The Labute approximate surface area is 107 Å². The third-order valence-corrected chi connectivity index (χ3v) is 4.26. The Balaban J connectivity index is 1.92. The Hall–Kier alpha value is -0.650. The number of aromatic nitrogens is 1. The lowest BCUT2D eigenvalue weighted by molar-refractivity contribution is 0.195. The molecule has 1 N–H and O–H groups in total. The van der Waals surface area contributed by atoms with E-state index in [1.54, 1.807) is 18.3 Å². The maximum atomic E-state index is 9.46. The highest BCUT2D eigenvalue weighted by Crippen LogP contribution is 2.25. The smallest absolute Gasteiger partial charge is 0.185 e. The molecule has 2 atom stereocenters. The van der Waals surface area contributed by atoms with E-state index in [1.807, 2.05) is 5.38 Å². The van der Waals surface area contributed by atoms with Crippen LogP contribution in [-0.4, -0.2) is 48.7 Å². The van der Waals surface area contributed by atoms with Gasteiger partial charge < -0.3 is 14.9 Å². The molecule has 1 saturated heterocycles. The van der Waals surface area contributed by atoms with Crippen molar-refractivity contribution in [1.82, 2.24) is 9.88 Å². The monoisotopic (exact) mass is 255 g/mol. The van der Waals surface area contributed by atoms with Crippen molar-refractivity contribution in [2.75, 3.05) is 38.6 Å².